The number of rotatable bonds is 4. The summed E-state index contributed by atoms with van der Waals surface area (Å²) in [6.07, 6.45) is 0. The molecule has 5 heteroatoms. The van der Waals surface area contributed by atoms with Crippen LogP contribution >= 0.6 is 11.6 Å². The highest BCUT2D eigenvalue weighted by Crippen LogP contribution is 2.33. The molecule has 3 nitrogen and oxygen atoms in total. The van der Waals surface area contributed by atoms with Gasteiger partial charge in [0.25, 0.3) is 0 Å². The number of benzene rings is 2. The van der Waals surface area contributed by atoms with Crippen molar-refractivity contribution in [2.45, 2.75) is 38.9 Å². The van der Waals surface area contributed by atoms with Crippen molar-refractivity contribution in [3.63, 3.8) is 0 Å². The molecule has 0 aliphatic carbocycles. The molecule has 119 valence electrons. The van der Waals surface area contributed by atoms with Crippen LogP contribution in [0.2, 0.25) is 5.02 Å². The molecule has 1 N–H and O–H groups in total. The second kappa shape index (κ2) is 5.55. The maximum absolute atomic E-state index is 10.2. The van der Waals surface area contributed by atoms with E-state index >= 15 is 0 Å². The lowest BCUT2D eigenvalue weighted by Crippen LogP contribution is -2.49. The Hall–Kier alpha value is -1.49. The van der Waals surface area contributed by atoms with E-state index in [1.54, 1.807) is 21.3 Å². The molecule has 23 heavy (non-hydrogen) atoms. The first-order valence-corrected chi connectivity index (χ1v) is 7.92. The maximum Gasteiger partial charge on any atom is 0.332 e. The zero-order valence-electron chi connectivity index (χ0n) is 13.7. The minimum atomic E-state index is -0.984. The molecule has 3 aromatic rings. The van der Waals surface area contributed by atoms with Crippen molar-refractivity contribution in [2.24, 2.45) is 0 Å². The van der Waals surface area contributed by atoms with Crippen LogP contribution < -0.4 is 5.46 Å². The van der Waals surface area contributed by atoms with E-state index in [4.69, 9.17) is 20.7 Å². The van der Waals surface area contributed by atoms with Crippen molar-refractivity contribution in [3.8, 4) is 0 Å². The summed E-state index contributed by atoms with van der Waals surface area (Å²) in [7, 11) is 1.60. The Morgan fingerprint density at radius 1 is 1.04 bits per heavy atom. The Morgan fingerprint density at radius 3 is 2.43 bits per heavy atom. The second-order valence-corrected chi connectivity index (χ2v) is 7.12. The standard InChI is InChI=1S/C18H19BClO3/c1-17(2,21)18(3,4)23-19-12-9-10-14-15(16(12)20)11-7-5-6-8-13(11)22-14/h5-10,21H,1-4H3. The number of para-hydroxylation sites is 1. The van der Waals surface area contributed by atoms with Crippen molar-refractivity contribution < 1.29 is 14.2 Å². The van der Waals surface area contributed by atoms with Crippen LogP contribution in [0, 0.1) is 0 Å². The lowest BCUT2D eigenvalue weighted by molar-refractivity contribution is -0.0893. The molecule has 1 aromatic heterocycles. The molecule has 0 aliphatic heterocycles. The zero-order chi connectivity index (χ0) is 16.8. The average molecular weight is 330 g/mol. The van der Waals surface area contributed by atoms with Crippen LogP contribution in [0.1, 0.15) is 27.7 Å². The van der Waals surface area contributed by atoms with E-state index in [2.05, 4.69) is 0 Å². The topological polar surface area (TPSA) is 42.6 Å². The number of halogens is 1. The van der Waals surface area contributed by atoms with Crippen molar-refractivity contribution in [1.82, 2.24) is 0 Å². The summed E-state index contributed by atoms with van der Waals surface area (Å²) in [6, 6.07) is 11.5. The van der Waals surface area contributed by atoms with E-state index in [1.807, 2.05) is 50.2 Å². The molecule has 0 amide bonds. The molecule has 3 rings (SSSR count). The maximum atomic E-state index is 10.2. The highest BCUT2D eigenvalue weighted by molar-refractivity contribution is 6.56. The molecule has 0 fully saturated rings. The van der Waals surface area contributed by atoms with Gasteiger partial charge >= 0.3 is 7.48 Å². The van der Waals surface area contributed by atoms with Gasteiger partial charge < -0.3 is 14.2 Å². The molecular weight excluding hydrogens is 310 g/mol. The second-order valence-electron chi connectivity index (χ2n) is 6.75. The summed E-state index contributed by atoms with van der Waals surface area (Å²) < 4.78 is 11.6. The zero-order valence-corrected chi connectivity index (χ0v) is 14.4. The van der Waals surface area contributed by atoms with Crippen LogP contribution in [-0.4, -0.2) is 23.8 Å². The third kappa shape index (κ3) is 2.87. The first kappa shape index (κ1) is 16.4. The Kier molecular flexibility index (Phi) is 3.95. The quantitative estimate of drug-likeness (QED) is 0.734. The van der Waals surface area contributed by atoms with Crippen molar-refractivity contribution in [2.75, 3.05) is 0 Å². The van der Waals surface area contributed by atoms with Gasteiger partial charge in [-0.25, -0.2) is 0 Å². The molecule has 0 saturated carbocycles. The summed E-state index contributed by atoms with van der Waals surface area (Å²) in [5.74, 6) is 0. The predicted molar refractivity (Wildman–Crippen MR) is 95.6 cm³/mol. The van der Waals surface area contributed by atoms with Gasteiger partial charge in [-0.3, -0.25) is 0 Å². The van der Waals surface area contributed by atoms with Gasteiger partial charge in [0.15, 0.2) is 0 Å². The Balaban J connectivity index is 2.00. The van der Waals surface area contributed by atoms with Gasteiger partial charge in [-0.1, -0.05) is 35.9 Å². The van der Waals surface area contributed by atoms with Crippen LogP contribution in [-0.2, 0) is 4.65 Å². The number of hydrogen-bond donors (Lipinski definition) is 1. The molecule has 0 spiro atoms. The Labute approximate surface area is 141 Å². The molecule has 1 heterocycles. The van der Waals surface area contributed by atoms with Crippen LogP contribution in [0.4, 0.5) is 0 Å². The molecular formula is C18H19BClO3. The Bertz CT molecular complexity index is 862. The predicted octanol–water partition coefficient (Wildman–Crippen LogP) is 4.05. The average Bonchev–Trinajstić information content (AvgIpc) is 2.84. The largest absolute Gasteiger partial charge is 0.456 e. The van der Waals surface area contributed by atoms with E-state index in [9.17, 15) is 5.11 Å². The lowest BCUT2D eigenvalue weighted by atomic mass is 9.82. The van der Waals surface area contributed by atoms with Crippen molar-refractivity contribution in [3.05, 3.63) is 41.4 Å². The fourth-order valence-electron chi connectivity index (χ4n) is 2.24. The Morgan fingerprint density at radius 2 is 1.74 bits per heavy atom. The van der Waals surface area contributed by atoms with E-state index < -0.39 is 11.2 Å². The number of furan rings is 1. The van der Waals surface area contributed by atoms with Gasteiger partial charge in [-0.05, 0) is 45.3 Å². The fraction of sp³-hybridized carbons (Fsp3) is 0.333. The minimum Gasteiger partial charge on any atom is -0.456 e. The van der Waals surface area contributed by atoms with Gasteiger partial charge in [0.05, 0.1) is 11.2 Å². The summed E-state index contributed by atoms with van der Waals surface area (Å²) in [4.78, 5) is 0. The van der Waals surface area contributed by atoms with Crippen LogP contribution in [0.25, 0.3) is 21.9 Å². The van der Waals surface area contributed by atoms with Gasteiger partial charge in [0.2, 0.25) is 0 Å². The fourth-order valence-corrected chi connectivity index (χ4v) is 2.54. The van der Waals surface area contributed by atoms with Crippen LogP contribution in [0.5, 0.6) is 0 Å². The SMILES string of the molecule is CC(C)(O)C(C)(C)O[B]c1ccc2oc3ccccc3c2c1Cl. The molecule has 0 atom stereocenters. The van der Waals surface area contributed by atoms with Crippen molar-refractivity contribution >= 4 is 46.5 Å². The summed E-state index contributed by atoms with van der Waals surface area (Å²) in [5.41, 5.74) is 0.573. The summed E-state index contributed by atoms with van der Waals surface area (Å²) in [6.45, 7) is 7.11. The van der Waals surface area contributed by atoms with Gasteiger partial charge in [0.1, 0.15) is 11.2 Å². The summed E-state index contributed by atoms with van der Waals surface area (Å²) in [5, 5.41) is 12.6. The van der Waals surface area contributed by atoms with E-state index in [1.165, 1.54) is 0 Å². The van der Waals surface area contributed by atoms with Crippen LogP contribution in [0.15, 0.2) is 40.8 Å². The third-order valence-corrected chi connectivity index (χ3v) is 4.87. The lowest BCUT2D eigenvalue weighted by Gasteiger charge is -2.37. The third-order valence-electron chi connectivity index (χ3n) is 4.46. The molecule has 0 aliphatic rings. The first-order chi connectivity index (χ1) is 10.7. The monoisotopic (exact) mass is 329 g/mol. The van der Waals surface area contributed by atoms with Crippen molar-refractivity contribution in [1.29, 1.82) is 0 Å². The normalized spacial score (nSPS) is 13.0. The highest BCUT2D eigenvalue weighted by atomic mass is 35.5. The molecule has 2 aromatic carbocycles. The van der Waals surface area contributed by atoms with Crippen LogP contribution in [0.3, 0.4) is 0 Å². The van der Waals surface area contributed by atoms with Gasteiger partial charge in [-0.15, -0.1) is 0 Å². The molecule has 0 bridgehead atoms. The number of aliphatic hydroxyl groups is 1. The number of fused-ring (bicyclic) bond motifs is 3. The molecule has 0 unspecified atom stereocenters. The number of hydrogen-bond acceptors (Lipinski definition) is 3. The smallest absolute Gasteiger partial charge is 0.332 e. The molecule has 1 radical (unpaired) electrons. The van der Waals surface area contributed by atoms with Gasteiger partial charge in [-0.2, -0.15) is 0 Å². The minimum absolute atomic E-state index is 0.582. The van der Waals surface area contributed by atoms with E-state index in [0.717, 1.165) is 27.4 Å². The first-order valence-electron chi connectivity index (χ1n) is 7.54. The van der Waals surface area contributed by atoms with E-state index in [0.29, 0.717) is 5.02 Å². The molecule has 0 saturated heterocycles. The van der Waals surface area contributed by atoms with E-state index in [-0.39, 0.29) is 0 Å². The van der Waals surface area contributed by atoms with Gasteiger partial charge in [0, 0.05) is 15.8 Å². The highest BCUT2D eigenvalue weighted by Gasteiger charge is 2.36. The summed E-state index contributed by atoms with van der Waals surface area (Å²) >= 11 is 6.57.